The third-order valence-corrected chi connectivity index (χ3v) is 2.93. The molecule has 0 amide bonds. The Balaban J connectivity index is 2.32. The molecule has 0 spiro atoms. The van der Waals surface area contributed by atoms with Gasteiger partial charge in [-0.1, -0.05) is 27.7 Å². The van der Waals surface area contributed by atoms with Crippen LogP contribution in [0.4, 0.5) is 0 Å². The fraction of sp³-hybridized carbons (Fsp3) is 0.750. The van der Waals surface area contributed by atoms with Gasteiger partial charge in [0, 0.05) is 11.9 Å². The van der Waals surface area contributed by atoms with E-state index >= 15 is 0 Å². The van der Waals surface area contributed by atoms with Crippen molar-refractivity contribution in [2.75, 3.05) is 13.1 Å². The number of hydrogen-bond acceptors (Lipinski definition) is 3. The van der Waals surface area contributed by atoms with Gasteiger partial charge in [0.1, 0.15) is 0 Å². The first kappa shape index (κ1) is 12.7. The Hall–Kier alpha value is -0.410. The summed E-state index contributed by atoms with van der Waals surface area (Å²) in [6, 6.07) is 0. The van der Waals surface area contributed by atoms with Crippen molar-refractivity contribution in [2.24, 2.45) is 11.3 Å². The summed E-state index contributed by atoms with van der Waals surface area (Å²) in [5.41, 5.74) is 3.42. The van der Waals surface area contributed by atoms with Gasteiger partial charge in [-0.2, -0.15) is 0 Å². The fourth-order valence-electron chi connectivity index (χ4n) is 1.58. The number of nitrogens with one attached hydrogen (secondary N) is 1. The molecule has 1 rings (SSSR count). The van der Waals surface area contributed by atoms with Gasteiger partial charge in [-0.05, 0) is 24.3 Å². The molecule has 1 aromatic heterocycles. The van der Waals surface area contributed by atoms with Crippen molar-refractivity contribution in [3.05, 3.63) is 16.6 Å². The second-order valence-electron chi connectivity index (χ2n) is 5.35. The summed E-state index contributed by atoms with van der Waals surface area (Å²) >= 11 is 1.68. The van der Waals surface area contributed by atoms with E-state index in [0.29, 0.717) is 5.41 Å². The standard InChI is InChI=1S/C12H22N2S/c1-10(2)6-13-8-12(3,4)5-11-7-15-9-14-11/h7,9-10,13H,5-6,8H2,1-4H3. The molecular weight excluding hydrogens is 204 g/mol. The van der Waals surface area contributed by atoms with Crippen LogP contribution in [0.2, 0.25) is 0 Å². The molecule has 0 aliphatic carbocycles. The summed E-state index contributed by atoms with van der Waals surface area (Å²) in [6.45, 7) is 11.2. The predicted octanol–water partition coefficient (Wildman–Crippen LogP) is 2.96. The number of aromatic nitrogens is 1. The van der Waals surface area contributed by atoms with E-state index in [1.54, 1.807) is 11.3 Å². The summed E-state index contributed by atoms with van der Waals surface area (Å²) in [7, 11) is 0. The third-order valence-electron chi connectivity index (χ3n) is 2.30. The van der Waals surface area contributed by atoms with Crippen LogP contribution < -0.4 is 5.32 Å². The topological polar surface area (TPSA) is 24.9 Å². The smallest absolute Gasteiger partial charge is 0.0794 e. The summed E-state index contributed by atoms with van der Waals surface area (Å²) < 4.78 is 0. The van der Waals surface area contributed by atoms with Crippen molar-refractivity contribution in [3.8, 4) is 0 Å². The van der Waals surface area contributed by atoms with Crippen molar-refractivity contribution < 1.29 is 0 Å². The lowest BCUT2D eigenvalue weighted by atomic mass is 9.88. The molecule has 0 aliphatic rings. The van der Waals surface area contributed by atoms with E-state index in [-0.39, 0.29) is 0 Å². The first-order valence-corrected chi connectivity index (χ1v) is 6.52. The predicted molar refractivity (Wildman–Crippen MR) is 67.3 cm³/mol. The van der Waals surface area contributed by atoms with Gasteiger partial charge < -0.3 is 5.32 Å². The highest BCUT2D eigenvalue weighted by Gasteiger charge is 2.19. The van der Waals surface area contributed by atoms with Crippen LogP contribution in [-0.2, 0) is 6.42 Å². The number of rotatable bonds is 6. The van der Waals surface area contributed by atoms with Gasteiger partial charge in [0.25, 0.3) is 0 Å². The van der Waals surface area contributed by atoms with Crippen LogP contribution in [0.1, 0.15) is 33.4 Å². The summed E-state index contributed by atoms with van der Waals surface area (Å²) in [5.74, 6) is 0.722. The lowest BCUT2D eigenvalue weighted by Gasteiger charge is -2.24. The van der Waals surface area contributed by atoms with E-state index in [2.05, 4.69) is 43.4 Å². The molecule has 0 aromatic carbocycles. The van der Waals surface area contributed by atoms with Crippen molar-refractivity contribution >= 4 is 11.3 Å². The maximum atomic E-state index is 4.34. The maximum Gasteiger partial charge on any atom is 0.0794 e. The highest BCUT2D eigenvalue weighted by atomic mass is 32.1. The van der Waals surface area contributed by atoms with Crippen LogP contribution in [0.3, 0.4) is 0 Å². The Morgan fingerprint density at radius 1 is 1.47 bits per heavy atom. The third kappa shape index (κ3) is 5.28. The molecule has 0 saturated heterocycles. The molecule has 0 unspecified atom stereocenters. The minimum atomic E-state index is 0.295. The zero-order valence-electron chi connectivity index (χ0n) is 10.2. The summed E-state index contributed by atoms with van der Waals surface area (Å²) in [4.78, 5) is 4.34. The first-order valence-electron chi connectivity index (χ1n) is 5.57. The lowest BCUT2D eigenvalue weighted by molar-refractivity contribution is 0.328. The van der Waals surface area contributed by atoms with Crippen molar-refractivity contribution in [3.63, 3.8) is 0 Å². The molecule has 1 N–H and O–H groups in total. The number of hydrogen-bond donors (Lipinski definition) is 1. The summed E-state index contributed by atoms with van der Waals surface area (Å²) in [6.07, 6.45) is 1.06. The van der Waals surface area contributed by atoms with Gasteiger partial charge in [-0.3, -0.25) is 0 Å². The van der Waals surface area contributed by atoms with Gasteiger partial charge in [0.2, 0.25) is 0 Å². The van der Waals surface area contributed by atoms with Gasteiger partial charge in [0.15, 0.2) is 0 Å². The molecule has 0 radical (unpaired) electrons. The van der Waals surface area contributed by atoms with Crippen molar-refractivity contribution in [1.82, 2.24) is 10.3 Å². The lowest BCUT2D eigenvalue weighted by Crippen LogP contribution is -2.33. The average Bonchev–Trinajstić information content (AvgIpc) is 2.54. The van der Waals surface area contributed by atoms with E-state index in [1.165, 1.54) is 5.69 Å². The molecule has 0 fully saturated rings. The van der Waals surface area contributed by atoms with E-state index in [9.17, 15) is 0 Å². The van der Waals surface area contributed by atoms with Crippen LogP contribution >= 0.6 is 11.3 Å². The molecule has 0 atom stereocenters. The van der Waals surface area contributed by atoms with Crippen LogP contribution in [0.5, 0.6) is 0 Å². The van der Waals surface area contributed by atoms with E-state index in [1.807, 2.05) is 5.51 Å². The largest absolute Gasteiger partial charge is 0.316 e. The first-order chi connectivity index (χ1) is 6.99. The molecule has 15 heavy (non-hydrogen) atoms. The molecule has 2 nitrogen and oxygen atoms in total. The van der Waals surface area contributed by atoms with Gasteiger partial charge in [-0.25, -0.2) is 4.98 Å². The van der Waals surface area contributed by atoms with Crippen LogP contribution in [-0.4, -0.2) is 18.1 Å². The second kappa shape index (κ2) is 5.61. The van der Waals surface area contributed by atoms with Gasteiger partial charge in [-0.15, -0.1) is 11.3 Å². The van der Waals surface area contributed by atoms with Crippen LogP contribution in [0, 0.1) is 11.3 Å². The number of thiazole rings is 1. The highest BCUT2D eigenvalue weighted by molar-refractivity contribution is 7.07. The minimum Gasteiger partial charge on any atom is -0.316 e. The SMILES string of the molecule is CC(C)CNCC(C)(C)Cc1cscn1. The van der Waals surface area contributed by atoms with Gasteiger partial charge in [0.05, 0.1) is 11.2 Å². The second-order valence-corrected chi connectivity index (χ2v) is 6.06. The molecular formula is C12H22N2S. The zero-order valence-corrected chi connectivity index (χ0v) is 11.0. The quantitative estimate of drug-likeness (QED) is 0.806. The Kier molecular flexibility index (Phi) is 4.74. The average molecular weight is 226 g/mol. The molecule has 1 aromatic rings. The summed E-state index contributed by atoms with van der Waals surface area (Å²) in [5, 5.41) is 5.66. The molecule has 0 bridgehead atoms. The Morgan fingerprint density at radius 2 is 2.20 bits per heavy atom. The Bertz CT molecular complexity index is 265. The Labute approximate surface area is 97.1 Å². The highest BCUT2D eigenvalue weighted by Crippen LogP contribution is 2.20. The molecule has 0 aliphatic heterocycles. The van der Waals surface area contributed by atoms with Crippen LogP contribution in [0.25, 0.3) is 0 Å². The Morgan fingerprint density at radius 3 is 2.73 bits per heavy atom. The van der Waals surface area contributed by atoms with E-state index < -0.39 is 0 Å². The fourth-order valence-corrected chi connectivity index (χ4v) is 2.14. The number of nitrogens with zero attached hydrogens (tertiary/aromatic N) is 1. The molecule has 1 heterocycles. The van der Waals surface area contributed by atoms with Gasteiger partial charge >= 0.3 is 0 Å². The van der Waals surface area contributed by atoms with E-state index in [4.69, 9.17) is 0 Å². The monoisotopic (exact) mass is 226 g/mol. The molecule has 86 valence electrons. The van der Waals surface area contributed by atoms with Crippen LogP contribution in [0.15, 0.2) is 10.9 Å². The van der Waals surface area contributed by atoms with E-state index in [0.717, 1.165) is 25.4 Å². The van der Waals surface area contributed by atoms with Crippen molar-refractivity contribution in [2.45, 2.75) is 34.1 Å². The van der Waals surface area contributed by atoms with Crippen molar-refractivity contribution in [1.29, 1.82) is 0 Å². The minimum absolute atomic E-state index is 0.295. The zero-order chi connectivity index (χ0) is 11.3. The maximum absolute atomic E-state index is 4.34. The normalized spacial score (nSPS) is 12.3. The molecule has 0 saturated carbocycles. The molecule has 3 heteroatoms.